The van der Waals surface area contributed by atoms with Crippen LogP contribution < -0.4 is 0 Å². The fourth-order valence-corrected chi connectivity index (χ4v) is 3.31. The van der Waals surface area contributed by atoms with Crippen LogP contribution in [0.5, 0.6) is 5.75 Å². The van der Waals surface area contributed by atoms with Gasteiger partial charge in [0.05, 0.1) is 5.75 Å². The first kappa shape index (κ1) is 15.9. The highest BCUT2D eigenvalue weighted by Crippen LogP contribution is 2.25. The summed E-state index contributed by atoms with van der Waals surface area (Å²) in [4.78, 5) is 14.2. The highest BCUT2D eigenvalue weighted by Gasteiger charge is 2.23. The van der Waals surface area contributed by atoms with Crippen LogP contribution in [0.25, 0.3) is 11.5 Å². The number of rotatable bonds is 4. The number of phenolic OH excluding ortho intramolecular Hbond substituents is 1. The number of likely N-dealkylation sites (tertiary alicyclic amines) is 1. The Bertz CT molecular complexity index is 671. The van der Waals surface area contributed by atoms with E-state index in [1.807, 2.05) is 4.90 Å². The minimum absolute atomic E-state index is 0.117. The van der Waals surface area contributed by atoms with Crippen LogP contribution in [-0.2, 0) is 4.79 Å². The molecule has 0 radical (unpaired) electrons. The van der Waals surface area contributed by atoms with Crippen LogP contribution in [0.4, 0.5) is 0 Å². The predicted octanol–water partition coefficient (Wildman–Crippen LogP) is 2.94. The lowest BCUT2D eigenvalue weighted by molar-refractivity contribution is -0.131. The number of hydrogen-bond donors (Lipinski definition) is 1. The van der Waals surface area contributed by atoms with Crippen LogP contribution in [-0.4, -0.2) is 44.5 Å². The van der Waals surface area contributed by atoms with Crippen molar-refractivity contribution >= 4 is 17.7 Å². The average Bonchev–Trinajstić information content (AvgIpc) is 3.03. The third kappa shape index (κ3) is 3.85. The molecule has 1 fully saturated rings. The van der Waals surface area contributed by atoms with Crippen molar-refractivity contribution in [2.75, 3.05) is 12.3 Å². The maximum absolute atomic E-state index is 12.3. The zero-order valence-corrected chi connectivity index (χ0v) is 13.8. The first-order valence-electron chi connectivity index (χ1n) is 7.68. The fourth-order valence-electron chi connectivity index (χ4n) is 2.66. The molecule has 0 bridgehead atoms. The van der Waals surface area contributed by atoms with Crippen molar-refractivity contribution in [3.05, 3.63) is 24.3 Å². The molecule has 3 rings (SSSR count). The van der Waals surface area contributed by atoms with Gasteiger partial charge in [0.15, 0.2) is 0 Å². The summed E-state index contributed by atoms with van der Waals surface area (Å²) in [5.41, 5.74) is 0.734. The summed E-state index contributed by atoms with van der Waals surface area (Å²) in [6.45, 7) is 2.93. The molecule has 2 heterocycles. The first-order chi connectivity index (χ1) is 11.1. The topological polar surface area (TPSA) is 79.5 Å². The number of aromatic hydroxyl groups is 1. The summed E-state index contributed by atoms with van der Waals surface area (Å²) in [7, 11) is 0. The molecule has 1 amide bonds. The summed E-state index contributed by atoms with van der Waals surface area (Å²) in [6.07, 6.45) is 3.34. The van der Waals surface area contributed by atoms with E-state index in [1.54, 1.807) is 24.3 Å². The number of aromatic nitrogens is 2. The van der Waals surface area contributed by atoms with E-state index in [4.69, 9.17) is 4.42 Å². The molecule has 1 aromatic carbocycles. The fraction of sp³-hybridized carbons (Fsp3) is 0.438. The molecular weight excluding hydrogens is 314 g/mol. The minimum Gasteiger partial charge on any atom is -0.508 e. The second-order valence-electron chi connectivity index (χ2n) is 5.64. The summed E-state index contributed by atoms with van der Waals surface area (Å²) in [5.74, 6) is 0.989. The Kier molecular flexibility index (Phi) is 4.85. The van der Waals surface area contributed by atoms with Gasteiger partial charge in [0, 0.05) is 18.2 Å². The summed E-state index contributed by atoms with van der Waals surface area (Å²) < 4.78 is 5.56. The standard InChI is InChI=1S/C16H19N3O3S/c1-11-4-2-3-9-19(11)14(21)10-23-16-18-17-15(22-16)12-5-7-13(20)8-6-12/h5-8,11,20H,2-4,9-10H2,1H3/t11-/m0/s1. The lowest BCUT2D eigenvalue weighted by Crippen LogP contribution is -2.42. The van der Waals surface area contributed by atoms with Crippen molar-refractivity contribution in [1.82, 2.24) is 15.1 Å². The number of piperidine rings is 1. The molecule has 23 heavy (non-hydrogen) atoms. The molecule has 0 unspecified atom stereocenters. The highest BCUT2D eigenvalue weighted by molar-refractivity contribution is 7.99. The maximum Gasteiger partial charge on any atom is 0.277 e. The number of benzene rings is 1. The van der Waals surface area contributed by atoms with Crippen molar-refractivity contribution in [2.24, 2.45) is 0 Å². The monoisotopic (exact) mass is 333 g/mol. The zero-order chi connectivity index (χ0) is 16.2. The molecular formula is C16H19N3O3S. The van der Waals surface area contributed by atoms with Gasteiger partial charge in [-0.3, -0.25) is 4.79 Å². The van der Waals surface area contributed by atoms with Gasteiger partial charge in [-0.05, 0) is 50.5 Å². The van der Waals surface area contributed by atoms with E-state index >= 15 is 0 Å². The Balaban J connectivity index is 1.58. The van der Waals surface area contributed by atoms with Gasteiger partial charge in [0.25, 0.3) is 5.22 Å². The largest absolute Gasteiger partial charge is 0.508 e. The number of phenols is 1. The van der Waals surface area contributed by atoms with Crippen molar-refractivity contribution in [1.29, 1.82) is 0 Å². The quantitative estimate of drug-likeness (QED) is 0.867. The van der Waals surface area contributed by atoms with Crippen molar-refractivity contribution in [3.63, 3.8) is 0 Å². The maximum atomic E-state index is 12.3. The Hall–Kier alpha value is -2.02. The molecule has 7 heteroatoms. The second kappa shape index (κ2) is 7.04. The van der Waals surface area contributed by atoms with E-state index in [0.717, 1.165) is 24.9 Å². The van der Waals surface area contributed by atoms with E-state index in [2.05, 4.69) is 17.1 Å². The summed E-state index contributed by atoms with van der Waals surface area (Å²) in [5, 5.41) is 17.6. The van der Waals surface area contributed by atoms with Gasteiger partial charge in [-0.25, -0.2) is 0 Å². The third-order valence-corrected chi connectivity index (χ3v) is 4.77. The van der Waals surface area contributed by atoms with E-state index in [0.29, 0.717) is 22.9 Å². The Morgan fingerprint density at radius 2 is 2.13 bits per heavy atom. The normalized spacial score (nSPS) is 18.1. The lowest BCUT2D eigenvalue weighted by Gasteiger charge is -2.33. The minimum atomic E-state index is 0.117. The molecule has 1 aliphatic heterocycles. The SMILES string of the molecule is C[C@H]1CCCCN1C(=O)CSc1nnc(-c2ccc(O)cc2)o1. The molecule has 1 N–H and O–H groups in total. The molecule has 1 aliphatic rings. The number of amides is 1. The third-order valence-electron chi connectivity index (χ3n) is 3.96. The Morgan fingerprint density at radius 1 is 1.35 bits per heavy atom. The molecule has 0 aliphatic carbocycles. The van der Waals surface area contributed by atoms with Crippen LogP contribution in [0.3, 0.4) is 0 Å². The van der Waals surface area contributed by atoms with E-state index in [1.165, 1.54) is 18.2 Å². The Labute approximate surface area is 138 Å². The van der Waals surface area contributed by atoms with E-state index in [9.17, 15) is 9.90 Å². The van der Waals surface area contributed by atoms with Crippen molar-refractivity contribution < 1.29 is 14.3 Å². The lowest BCUT2D eigenvalue weighted by atomic mass is 10.0. The highest BCUT2D eigenvalue weighted by atomic mass is 32.2. The van der Waals surface area contributed by atoms with Crippen LogP contribution in [0, 0.1) is 0 Å². The smallest absolute Gasteiger partial charge is 0.277 e. The molecule has 1 aromatic heterocycles. The van der Waals surface area contributed by atoms with Crippen LogP contribution in [0.15, 0.2) is 33.9 Å². The molecule has 2 aromatic rings. The molecule has 6 nitrogen and oxygen atoms in total. The van der Waals surface area contributed by atoms with Crippen LogP contribution >= 0.6 is 11.8 Å². The van der Waals surface area contributed by atoms with Crippen LogP contribution in [0.1, 0.15) is 26.2 Å². The summed E-state index contributed by atoms with van der Waals surface area (Å²) >= 11 is 1.26. The van der Waals surface area contributed by atoms with Crippen molar-refractivity contribution in [3.8, 4) is 17.2 Å². The van der Waals surface area contributed by atoms with Crippen molar-refractivity contribution in [2.45, 2.75) is 37.5 Å². The van der Waals surface area contributed by atoms with Gasteiger partial charge >= 0.3 is 0 Å². The van der Waals surface area contributed by atoms with Gasteiger partial charge < -0.3 is 14.4 Å². The second-order valence-corrected chi connectivity index (χ2v) is 6.57. The average molecular weight is 333 g/mol. The number of thioether (sulfide) groups is 1. The molecule has 122 valence electrons. The van der Waals surface area contributed by atoms with E-state index < -0.39 is 0 Å². The molecule has 1 saturated heterocycles. The molecule has 0 spiro atoms. The number of carbonyl (C=O) groups excluding carboxylic acids is 1. The predicted molar refractivity (Wildman–Crippen MR) is 87.1 cm³/mol. The van der Waals surface area contributed by atoms with Crippen LogP contribution in [0.2, 0.25) is 0 Å². The first-order valence-corrected chi connectivity index (χ1v) is 8.67. The number of hydrogen-bond acceptors (Lipinski definition) is 6. The molecule has 1 atom stereocenters. The van der Waals surface area contributed by atoms with Gasteiger partial charge in [-0.15, -0.1) is 10.2 Å². The van der Waals surface area contributed by atoms with Gasteiger partial charge in [-0.1, -0.05) is 11.8 Å². The van der Waals surface area contributed by atoms with E-state index in [-0.39, 0.29) is 11.7 Å². The number of nitrogens with zero attached hydrogens (tertiary/aromatic N) is 3. The Morgan fingerprint density at radius 3 is 2.87 bits per heavy atom. The number of carbonyl (C=O) groups is 1. The van der Waals surface area contributed by atoms with Gasteiger partial charge in [-0.2, -0.15) is 0 Å². The van der Waals surface area contributed by atoms with Gasteiger partial charge in [0.2, 0.25) is 11.8 Å². The summed E-state index contributed by atoms with van der Waals surface area (Å²) in [6, 6.07) is 6.85. The van der Waals surface area contributed by atoms with Gasteiger partial charge in [0.1, 0.15) is 5.75 Å². The zero-order valence-electron chi connectivity index (χ0n) is 12.9. The molecule has 0 saturated carbocycles.